The minimum absolute atomic E-state index is 0.0226. The Balaban J connectivity index is 1.64. The highest BCUT2D eigenvalue weighted by Gasteiger charge is 2.12. The van der Waals surface area contributed by atoms with Crippen molar-refractivity contribution in [1.29, 1.82) is 0 Å². The molecule has 0 saturated heterocycles. The number of aromatic nitrogens is 4. The van der Waals surface area contributed by atoms with Gasteiger partial charge in [-0.25, -0.2) is 9.97 Å². The van der Waals surface area contributed by atoms with Gasteiger partial charge in [-0.2, -0.15) is 0 Å². The van der Waals surface area contributed by atoms with Gasteiger partial charge in [0.2, 0.25) is 5.95 Å². The molecule has 0 spiro atoms. The SMILES string of the molecule is [2H]c1nc(Nc2c([2H])c(C(=O)Nc3cc(C)cc(-n4c([2H])cc(C)c4[2H])c3)c([2H])c([2H])c2C([2H])([2H])[2H])nc(-c2c([2H])nc([2H])c([2H])c2[2H])c1[2H]. The number of amides is 1. The third-order valence-corrected chi connectivity index (χ3v) is 4.81. The zero-order chi connectivity index (χ0) is 37.1. The van der Waals surface area contributed by atoms with Crippen molar-refractivity contribution in [3.8, 4) is 16.9 Å². The van der Waals surface area contributed by atoms with Crippen molar-refractivity contribution in [3.63, 3.8) is 0 Å². The van der Waals surface area contributed by atoms with Crippen LogP contribution in [0.4, 0.5) is 17.3 Å². The molecule has 3 aromatic heterocycles. The van der Waals surface area contributed by atoms with Gasteiger partial charge in [0.15, 0.2) is 0 Å². The number of pyridine rings is 1. The van der Waals surface area contributed by atoms with Crippen LogP contribution in [0, 0.1) is 20.7 Å². The van der Waals surface area contributed by atoms with E-state index in [2.05, 4.69) is 25.6 Å². The zero-order valence-electron chi connectivity index (χ0n) is 33.0. The molecule has 2 N–H and O–H groups in total. The van der Waals surface area contributed by atoms with E-state index in [0.717, 1.165) is 0 Å². The summed E-state index contributed by atoms with van der Waals surface area (Å²) in [5.41, 5.74) is -1.59. The van der Waals surface area contributed by atoms with Gasteiger partial charge in [-0.05, 0) is 91.9 Å². The third-order valence-electron chi connectivity index (χ3n) is 4.81. The molecule has 0 atom stereocenters. The van der Waals surface area contributed by atoms with Crippen molar-refractivity contribution in [2.45, 2.75) is 20.7 Å². The van der Waals surface area contributed by atoms with Crippen LogP contribution in [-0.2, 0) is 0 Å². The largest absolute Gasteiger partial charge is 0.324 e. The third kappa shape index (κ3) is 5.15. The van der Waals surface area contributed by atoms with E-state index in [4.69, 9.17) is 19.2 Å². The van der Waals surface area contributed by atoms with Gasteiger partial charge in [0.25, 0.3) is 5.91 Å². The molecule has 5 rings (SSSR count). The number of nitrogens with one attached hydrogen (secondary N) is 2. The zero-order valence-corrected chi connectivity index (χ0v) is 19.0. The molecular formula is C29H26N6O. The van der Waals surface area contributed by atoms with Gasteiger partial charge in [0, 0.05) is 63.2 Å². The van der Waals surface area contributed by atoms with Crippen LogP contribution >= 0.6 is 0 Å². The van der Waals surface area contributed by atoms with Crippen LogP contribution in [0.1, 0.15) is 46.2 Å². The van der Waals surface area contributed by atoms with E-state index >= 15 is 0 Å². The van der Waals surface area contributed by atoms with Gasteiger partial charge in [0.1, 0.15) is 0 Å². The summed E-state index contributed by atoms with van der Waals surface area (Å²) in [6, 6.07) is 1.46. The number of hydrogen-bond donors (Lipinski definition) is 2. The van der Waals surface area contributed by atoms with E-state index in [0.29, 0.717) is 16.8 Å². The number of nitrogens with zero attached hydrogens (tertiary/aromatic N) is 4. The number of hydrogen-bond acceptors (Lipinski definition) is 5. The first-order valence-electron chi connectivity index (χ1n) is 17.5. The van der Waals surface area contributed by atoms with Gasteiger partial charge in [-0.15, -0.1) is 0 Å². The second kappa shape index (κ2) is 9.84. The summed E-state index contributed by atoms with van der Waals surface area (Å²) in [5, 5.41) is 4.99. The second-order valence-corrected chi connectivity index (χ2v) is 7.63. The predicted octanol–water partition coefficient (Wildman–Crippen LogP) is 6.25. The maximum Gasteiger partial charge on any atom is 0.255 e. The molecule has 0 aliphatic rings. The summed E-state index contributed by atoms with van der Waals surface area (Å²) in [6.07, 6.45) is -2.08. The summed E-state index contributed by atoms with van der Waals surface area (Å²) in [7, 11) is 0. The second-order valence-electron chi connectivity index (χ2n) is 7.63. The van der Waals surface area contributed by atoms with Crippen LogP contribution < -0.4 is 10.6 Å². The number of benzene rings is 2. The van der Waals surface area contributed by atoms with E-state index in [1.165, 1.54) is 16.7 Å². The van der Waals surface area contributed by atoms with Crippen LogP contribution in [0.3, 0.4) is 0 Å². The van der Waals surface area contributed by atoms with Crippen LogP contribution in [-0.4, -0.2) is 25.4 Å². The van der Waals surface area contributed by atoms with Crippen LogP contribution in [0.2, 0.25) is 0 Å². The van der Waals surface area contributed by atoms with E-state index < -0.39 is 102 Å². The lowest BCUT2D eigenvalue weighted by Crippen LogP contribution is -2.13. The van der Waals surface area contributed by atoms with E-state index in [1.54, 1.807) is 26.0 Å². The smallest absolute Gasteiger partial charge is 0.255 e. The number of anilines is 3. The van der Waals surface area contributed by atoms with Crippen molar-refractivity contribution in [2.75, 3.05) is 10.6 Å². The maximum absolute atomic E-state index is 13.7. The average Bonchev–Trinajstić information content (AvgIpc) is 3.26. The first-order valence-corrected chi connectivity index (χ1v) is 10.5. The number of carbonyl (C=O) groups excluding carboxylic acids is 1. The Morgan fingerprint density at radius 3 is 2.83 bits per heavy atom. The highest BCUT2D eigenvalue weighted by atomic mass is 16.1. The lowest BCUT2D eigenvalue weighted by molar-refractivity contribution is 0.102. The number of rotatable bonds is 6. The minimum atomic E-state index is -3.12. The van der Waals surface area contributed by atoms with Crippen LogP contribution in [0.15, 0.2) is 91.4 Å². The lowest BCUT2D eigenvalue weighted by Gasteiger charge is -2.13. The van der Waals surface area contributed by atoms with Gasteiger partial charge in [-0.3, -0.25) is 9.78 Å². The quantitative estimate of drug-likeness (QED) is 0.295. The van der Waals surface area contributed by atoms with Crippen molar-refractivity contribution in [2.24, 2.45) is 0 Å². The molecule has 0 fully saturated rings. The van der Waals surface area contributed by atoms with E-state index in [9.17, 15) is 4.79 Å². The monoisotopic (exact) mass is 488 g/mol. The fourth-order valence-corrected chi connectivity index (χ4v) is 3.23. The van der Waals surface area contributed by atoms with Crippen molar-refractivity contribution in [1.82, 2.24) is 19.5 Å². The van der Waals surface area contributed by atoms with E-state index in [-0.39, 0.29) is 18.0 Å². The highest BCUT2D eigenvalue weighted by Crippen LogP contribution is 2.24. The fraction of sp³-hybridized carbons (Fsp3) is 0.103. The molecule has 0 bridgehead atoms. The lowest BCUT2D eigenvalue weighted by atomic mass is 10.1. The number of aryl methyl sites for hydroxylation is 2. The molecule has 0 unspecified atom stereocenters. The highest BCUT2D eigenvalue weighted by molar-refractivity contribution is 6.05. The topological polar surface area (TPSA) is 84.7 Å². The molecule has 178 valence electrons. The normalized spacial score (nSPS) is 16.6. The minimum Gasteiger partial charge on any atom is -0.324 e. The van der Waals surface area contributed by atoms with Crippen LogP contribution in [0.5, 0.6) is 0 Å². The molecule has 2 aromatic carbocycles. The summed E-state index contributed by atoms with van der Waals surface area (Å²) in [4.78, 5) is 25.1. The maximum atomic E-state index is 13.7. The fourth-order valence-electron chi connectivity index (χ4n) is 3.23. The summed E-state index contributed by atoms with van der Waals surface area (Å²) in [5.74, 6) is -1.70. The first-order chi connectivity index (χ1) is 23.2. The standard InChI is InChI=1S/C29H26N6O/c1-19-9-12-35(18-19)25-14-20(2)13-24(16-25)32-28(36)22-7-6-21(3)27(15-22)34-29-31-11-8-26(33-29)23-5-4-10-30-17-23/h4-18H,1-3H3,(H,32,36)(H,31,33,34)/i3D3,4D,5D,6D,7D,8D,10D,11D,12D,15D,17D,18D. The van der Waals surface area contributed by atoms with Crippen LogP contribution in [0.25, 0.3) is 16.9 Å². The Morgan fingerprint density at radius 2 is 2.00 bits per heavy atom. The molecule has 3 heterocycles. The summed E-state index contributed by atoms with van der Waals surface area (Å²) >= 11 is 0. The number of carbonyl (C=O) groups is 1. The Bertz CT molecular complexity index is 2230. The average molecular weight is 489 g/mol. The predicted molar refractivity (Wildman–Crippen MR) is 143 cm³/mol. The summed E-state index contributed by atoms with van der Waals surface area (Å²) in [6.45, 7) is 0.253. The van der Waals surface area contributed by atoms with Gasteiger partial charge in [-0.1, -0.05) is 6.04 Å². The molecule has 5 aromatic rings. The van der Waals surface area contributed by atoms with Crippen molar-refractivity contribution >= 4 is 23.2 Å². The Kier molecular flexibility index (Phi) is 3.22. The van der Waals surface area contributed by atoms with Gasteiger partial charge in [0.05, 0.1) is 20.8 Å². The molecule has 36 heavy (non-hydrogen) atoms. The van der Waals surface area contributed by atoms with E-state index in [1.807, 2.05) is 0 Å². The van der Waals surface area contributed by atoms with Crippen molar-refractivity contribution < 1.29 is 24.0 Å². The molecule has 7 heteroatoms. The molecule has 0 saturated carbocycles. The molecule has 0 radical (unpaired) electrons. The molecule has 1 amide bonds. The Labute approximate surface area is 229 Å². The molecule has 0 aliphatic carbocycles. The van der Waals surface area contributed by atoms with Gasteiger partial charge >= 0.3 is 0 Å². The first kappa shape index (κ1) is 11.8. The molecule has 7 nitrogen and oxygen atoms in total. The van der Waals surface area contributed by atoms with Crippen molar-refractivity contribution in [3.05, 3.63) is 114 Å². The Morgan fingerprint density at radius 1 is 1.08 bits per heavy atom. The summed E-state index contributed by atoms with van der Waals surface area (Å²) < 4.78 is 116. The van der Waals surface area contributed by atoms with Gasteiger partial charge < -0.3 is 15.2 Å². The Hall–Kier alpha value is -4.78. The molecular weight excluding hydrogens is 448 g/mol. The molecule has 0 aliphatic heterocycles.